The summed E-state index contributed by atoms with van der Waals surface area (Å²) in [5.74, 6) is -0.190. The summed E-state index contributed by atoms with van der Waals surface area (Å²) in [6.07, 6.45) is 4.49. The Balaban J connectivity index is 1.51. The van der Waals surface area contributed by atoms with Gasteiger partial charge in [-0.15, -0.1) is 0 Å². The van der Waals surface area contributed by atoms with E-state index in [0.29, 0.717) is 26.9 Å². The lowest BCUT2D eigenvalue weighted by molar-refractivity contribution is -0.128. The third-order valence-electron chi connectivity index (χ3n) is 4.35. The topological polar surface area (TPSA) is 52.6 Å². The SMILES string of the molecule is O=C(/C=C/c1ccccc1)Oc1ccc2c(c1)O/C(=C\c1c(Cl)cccc1Cl)C2=O. The highest BCUT2D eigenvalue weighted by molar-refractivity contribution is 6.37. The molecule has 3 aromatic rings. The van der Waals surface area contributed by atoms with Gasteiger partial charge in [0.05, 0.1) is 5.56 Å². The van der Waals surface area contributed by atoms with Crippen molar-refractivity contribution in [1.29, 1.82) is 0 Å². The predicted molar refractivity (Wildman–Crippen MR) is 117 cm³/mol. The molecular formula is C24H14Cl2O4. The van der Waals surface area contributed by atoms with Gasteiger partial charge < -0.3 is 9.47 Å². The first-order valence-corrected chi connectivity index (χ1v) is 9.74. The first kappa shape index (κ1) is 20.0. The molecule has 0 aliphatic carbocycles. The molecule has 0 radical (unpaired) electrons. The quantitative estimate of drug-likeness (QED) is 0.276. The van der Waals surface area contributed by atoms with Gasteiger partial charge >= 0.3 is 5.97 Å². The van der Waals surface area contributed by atoms with Crippen LogP contribution in [-0.2, 0) is 4.79 Å². The molecule has 0 spiro atoms. The van der Waals surface area contributed by atoms with Crippen LogP contribution >= 0.6 is 23.2 Å². The highest BCUT2D eigenvalue weighted by Crippen LogP contribution is 2.36. The Labute approximate surface area is 183 Å². The number of benzene rings is 3. The number of Topliss-reactive ketones (excluding diaryl/α,β-unsaturated/α-hetero) is 1. The van der Waals surface area contributed by atoms with Crippen molar-refractivity contribution >= 4 is 47.1 Å². The zero-order chi connectivity index (χ0) is 21.1. The van der Waals surface area contributed by atoms with E-state index in [0.717, 1.165) is 5.56 Å². The minimum absolute atomic E-state index is 0.0902. The van der Waals surface area contributed by atoms with E-state index in [2.05, 4.69) is 0 Å². The first-order chi connectivity index (χ1) is 14.5. The van der Waals surface area contributed by atoms with Crippen molar-refractivity contribution in [3.63, 3.8) is 0 Å². The van der Waals surface area contributed by atoms with Crippen molar-refractivity contribution in [3.8, 4) is 11.5 Å². The normalized spacial score (nSPS) is 14.1. The molecular weight excluding hydrogens is 423 g/mol. The molecule has 1 aliphatic heterocycles. The summed E-state index contributed by atoms with van der Waals surface area (Å²) in [4.78, 5) is 24.7. The largest absolute Gasteiger partial charge is 0.452 e. The Morgan fingerprint density at radius 3 is 2.40 bits per heavy atom. The van der Waals surface area contributed by atoms with Crippen molar-refractivity contribution in [2.45, 2.75) is 0 Å². The van der Waals surface area contributed by atoms with E-state index in [-0.39, 0.29) is 17.3 Å². The minimum Gasteiger partial charge on any atom is -0.452 e. The summed E-state index contributed by atoms with van der Waals surface area (Å²) in [6, 6.07) is 19.0. The van der Waals surface area contributed by atoms with Crippen LogP contribution < -0.4 is 9.47 Å². The third-order valence-corrected chi connectivity index (χ3v) is 5.01. The van der Waals surface area contributed by atoms with Gasteiger partial charge in [-0.2, -0.15) is 0 Å². The molecule has 0 amide bonds. The second kappa shape index (κ2) is 8.57. The van der Waals surface area contributed by atoms with Gasteiger partial charge in [-0.25, -0.2) is 4.79 Å². The molecule has 3 aromatic carbocycles. The standard InChI is InChI=1S/C24H14Cl2O4/c25-19-7-4-8-20(26)18(19)14-22-24(28)17-11-10-16(13-21(17)30-22)29-23(27)12-9-15-5-2-1-3-6-15/h1-14H/b12-9+,22-14-. The van der Waals surface area contributed by atoms with Gasteiger partial charge in [0.25, 0.3) is 0 Å². The number of ether oxygens (including phenoxy) is 2. The van der Waals surface area contributed by atoms with Gasteiger partial charge in [-0.1, -0.05) is 59.6 Å². The van der Waals surface area contributed by atoms with E-state index in [1.165, 1.54) is 18.2 Å². The van der Waals surface area contributed by atoms with Crippen LogP contribution in [0.1, 0.15) is 21.5 Å². The summed E-state index contributed by atoms with van der Waals surface area (Å²) in [7, 11) is 0. The molecule has 148 valence electrons. The molecule has 0 aromatic heterocycles. The maximum atomic E-state index is 12.6. The molecule has 1 aliphatic rings. The molecule has 0 bridgehead atoms. The predicted octanol–water partition coefficient (Wildman–Crippen LogP) is 6.23. The van der Waals surface area contributed by atoms with Crippen molar-refractivity contribution in [2.75, 3.05) is 0 Å². The Morgan fingerprint density at radius 2 is 1.67 bits per heavy atom. The van der Waals surface area contributed by atoms with Crippen LogP contribution in [0.3, 0.4) is 0 Å². The smallest absolute Gasteiger partial charge is 0.336 e. The van der Waals surface area contributed by atoms with E-state index >= 15 is 0 Å². The third kappa shape index (κ3) is 4.30. The van der Waals surface area contributed by atoms with Crippen LogP contribution in [0, 0.1) is 0 Å². The fraction of sp³-hybridized carbons (Fsp3) is 0. The number of allylic oxidation sites excluding steroid dienone is 1. The molecule has 30 heavy (non-hydrogen) atoms. The van der Waals surface area contributed by atoms with Crippen molar-refractivity contribution in [2.24, 2.45) is 0 Å². The van der Waals surface area contributed by atoms with E-state index in [1.807, 2.05) is 30.3 Å². The number of esters is 1. The zero-order valence-electron chi connectivity index (χ0n) is 15.5. The number of ketones is 1. The first-order valence-electron chi connectivity index (χ1n) is 8.98. The molecule has 4 rings (SSSR count). The Kier molecular flexibility index (Phi) is 5.70. The summed E-state index contributed by atoms with van der Waals surface area (Å²) < 4.78 is 11.0. The van der Waals surface area contributed by atoms with Gasteiger partial charge in [0.1, 0.15) is 11.5 Å². The highest BCUT2D eigenvalue weighted by atomic mass is 35.5. The van der Waals surface area contributed by atoms with Crippen LogP contribution in [0.25, 0.3) is 12.2 Å². The molecule has 1 heterocycles. The molecule has 0 saturated carbocycles. The fourth-order valence-electron chi connectivity index (χ4n) is 2.89. The number of hydrogen-bond donors (Lipinski definition) is 0. The van der Waals surface area contributed by atoms with E-state index < -0.39 is 5.97 Å². The maximum Gasteiger partial charge on any atom is 0.336 e. The average molecular weight is 437 g/mol. The van der Waals surface area contributed by atoms with Crippen molar-refractivity contribution in [3.05, 3.63) is 105 Å². The molecule has 0 saturated heterocycles. The lowest BCUT2D eigenvalue weighted by Crippen LogP contribution is -2.03. The van der Waals surface area contributed by atoms with Gasteiger partial charge in [0.15, 0.2) is 5.76 Å². The van der Waals surface area contributed by atoms with E-state index in [4.69, 9.17) is 32.7 Å². The van der Waals surface area contributed by atoms with Crippen LogP contribution in [-0.4, -0.2) is 11.8 Å². The number of carbonyl (C=O) groups is 2. The van der Waals surface area contributed by atoms with Crippen LogP contribution in [0.2, 0.25) is 10.0 Å². The number of rotatable bonds is 4. The van der Waals surface area contributed by atoms with Gasteiger partial charge in [-0.3, -0.25) is 4.79 Å². The van der Waals surface area contributed by atoms with Crippen molar-refractivity contribution < 1.29 is 19.1 Å². The Bertz CT molecular complexity index is 1180. The lowest BCUT2D eigenvalue weighted by atomic mass is 10.1. The van der Waals surface area contributed by atoms with Gasteiger partial charge in [-0.05, 0) is 42.0 Å². The molecule has 0 unspecified atom stereocenters. The van der Waals surface area contributed by atoms with E-state index in [9.17, 15) is 9.59 Å². The molecule has 6 heteroatoms. The summed E-state index contributed by atoms with van der Waals surface area (Å²) in [5.41, 5.74) is 1.74. The second-order valence-electron chi connectivity index (χ2n) is 6.40. The number of halogens is 2. The summed E-state index contributed by atoms with van der Waals surface area (Å²) in [5, 5.41) is 0.810. The highest BCUT2D eigenvalue weighted by Gasteiger charge is 2.28. The Hall–Kier alpha value is -3.34. The average Bonchev–Trinajstić information content (AvgIpc) is 3.05. The summed E-state index contributed by atoms with van der Waals surface area (Å²) in [6.45, 7) is 0. The number of fused-ring (bicyclic) bond motifs is 1. The fourth-order valence-corrected chi connectivity index (χ4v) is 3.40. The molecule has 0 N–H and O–H groups in total. The van der Waals surface area contributed by atoms with E-state index in [1.54, 1.807) is 36.4 Å². The monoisotopic (exact) mass is 436 g/mol. The minimum atomic E-state index is -0.540. The molecule has 0 atom stereocenters. The van der Waals surface area contributed by atoms with Crippen LogP contribution in [0.15, 0.2) is 78.6 Å². The van der Waals surface area contributed by atoms with Crippen LogP contribution in [0.5, 0.6) is 11.5 Å². The van der Waals surface area contributed by atoms with Crippen LogP contribution in [0.4, 0.5) is 0 Å². The second-order valence-corrected chi connectivity index (χ2v) is 7.21. The summed E-state index contributed by atoms with van der Waals surface area (Å²) >= 11 is 12.3. The van der Waals surface area contributed by atoms with Gasteiger partial charge in [0, 0.05) is 27.8 Å². The lowest BCUT2D eigenvalue weighted by Gasteiger charge is -2.04. The van der Waals surface area contributed by atoms with Gasteiger partial charge in [0.2, 0.25) is 5.78 Å². The Morgan fingerprint density at radius 1 is 0.933 bits per heavy atom. The van der Waals surface area contributed by atoms with Crippen molar-refractivity contribution in [1.82, 2.24) is 0 Å². The molecule has 4 nitrogen and oxygen atoms in total. The number of carbonyl (C=O) groups excluding carboxylic acids is 2. The maximum absolute atomic E-state index is 12.6. The zero-order valence-corrected chi connectivity index (χ0v) is 17.0. The molecule has 0 fully saturated rings. The number of hydrogen-bond acceptors (Lipinski definition) is 4.